The molecule has 0 aromatic heterocycles. The lowest BCUT2D eigenvalue weighted by Gasteiger charge is -2.30. The molecule has 1 N–H and O–H groups in total. The van der Waals surface area contributed by atoms with Gasteiger partial charge in [-0.25, -0.2) is 8.42 Å². The van der Waals surface area contributed by atoms with Gasteiger partial charge in [-0.2, -0.15) is 0 Å². The average molecular weight is 499 g/mol. The third-order valence-corrected chi connectivity index (χ3v) is 8.87. The van der Waals surface area contributed by atoms with Crippen LogP contribution in [0.2, 0.25) is 5.02 Å². The lowest BCUT2D eigenvalue weighted by atomic mass is 9.81. The summed E-state index contributed by atoms with van der Waals surface area (Å²) in [5.74, 6) is 0.337. The second-order valence-corrected chi connectivity index (χ2v) is 11.1. The number of fused-ring (bicyclic) bond motifs is 1. The molecule has 1 unspecified atom stereocenters. The van der Waals surface area contributed by atoms with E-state index in [-0.39, 0.29) is 16.8 Å². The van der Waals surface area contributed by atoms with Crippen molar-refractivity contribution in [2.24, 2.45) is 0 Å². The van der Waals surface area contributed by atoms with Crippen molar-refractivity contribution in [2.45, 2.75) is 43.7 Å². The van der Waals surface area contributed by atoms with E-state index in [9.17, 15) is 13.2 Å². The minimum atomic E-state index is -3.82. The number of anilines is 1. The maximum atomic E-state index is 13.6. The molecule has 0 saturated heterocycles. The molecule has 6 nitrogen and oxygen atoms in total. The fraction of sp³-hybridized carbons (Fsp3) is 0.269. The van der Waals surface area contributed by atoms with Crippen molar-refractivity contribution in [3.8, 4) is 5.75 Å². The number of rotatable bonds is 6. The number of halogens is 1. The summed E-state index contributed by atoms with van der Waals surface area (Å²) >= 11 is 6.19. The van der Waals surface area contributed by atoms with Gasteiger partial charge in [-0.1, -0.05) is 43.6 Å². The quantitative estimate of drug-likeness (QED) is 0.509. The lowest BCUT2D eigenvalue weighted by Crippen LogP contribution is -2.42. The van der Waals surface area contributed by atoms with E-state index in [1.54, 1.807) is 48.5 Å². The van der Waals surface area contributed by atoms with Crippen LogP contribution >= 0.6 is 11.6 Å². The van der Waals surface area contributed by atoms with Gasteiger partial charge in [0.15, 0.2) is 0 Å². The normalized spacial score (nSPS) is 16.7. The summed E-state index contributed by atoms with van der Waals surface area (Å²) in [6.45, 7) is 6.17. The van der Waals surface area contributed by atoms with Gasteiger partial charge in [0.25, 0.3) is 15.9 Å². The van der Waals surface area contributed by atoms with Crippen molar-refractivity contribution in [3.63, 3.8) is 0 Å². The Bertz CT molecular complexity index is 1340. The van der Waals surface area contributed by atoms with Crippen LogP contribution in [0.4, 0.5) is 5.69 Å². The Balaban J connectivity index is 1.65. The van der Waals surface area contributed by atoms with Crippen LogP contribution in [0.25, 0.3) is 0 Å². The zero-order valence-electron chi connectivity index (χ0n) is 19.5. The Kier molecular flexibility index (Phi) is 6.36. The van der Waals surface area contributed by atoms with Crippen LogP contribution in [0.15, 0.2) is 71.6 Å². The van der Waals surface area contributed by atoms with Gasteiger partial charge in [0.1, 0.15) is 5.75 Å². The highest BCUT2D eigenvalue weighted by molar-refractivity contribution is 7.92. The van der Waals surface area contributed by atoms with Crippen molar-refractivity contribution < 1.29 is 17.9 Å². The van der Waals surface area contributed by atoms with Crippen molar-refractivity contribution in [2.75, 3.05) is 11.4 Å². The molecule has 0 bridgehead atoms. The van der Waals surface area contributed by atoms with E-state index in [1.807, 2.05) is 39.0 Å². The van der Waals surface area contributed by atoms with Gasteiger partial charge in [0.05, 0.1) is 23.7 Å². The van der Waals surface area contributed by atoms with Gasteiger partial charge in [0, 0.05) is 22.5 Å². The molecule has 0 radical (unpaired) electrons. The summed E-state index contributed by atoms with van der Waals surface area (Å²) in [6.07, 6.45) is 0. The third-order valence-electron chi connectivity index (χ3n) is 6.60. The zero-order valence-corrected chi connectivity index (χ0v) is 21.1. The van der Waals surface area contributed by atoms with Gasteiger partial charge < -0.3 is 10.1 Å². The Morgan fingerprint density at radius 3 is 2.41 bits per heavy atom. The van der Waals surface area contributed by atoms with Crippen LogP contribution in [0.1, 0.15) is 42.3 Å². The first-order chi connectivity index (χ1) is 16.1. The maximum Gasteiger partial charge on any atom is 0.264 e. The first kappa shape index (κ1) is 24.1. The smallest absolute Gasteiger partial charge is 0.264 e. The summed E-state index contributed by atoms with van der Waals surface area (Å²) in [5, 5.41) is 3.49. The number of amides is 1. The average Bonchev–Trinajstić information content (AvgIpc) is 3.03. The standard InChI is InChI=1S/C26H27ClN2O4S/c1-17-26(2,3)22-15-18(25(30)28-16-19-7-5-6-8-23(19)27)9-14-24(22)29(17)34(31,32)21-12-10-20(33-4)11-13-21/h5-15,17H,16H2,1-4H3,(H,28,30). The van der Waals surface area contributed by atoms with Crippen LogP contribution in [0.3, 0.4) is 0 Å². The minimum Gasteiger partial charge on any atom is -0.497 e. The molecule has 178 valence electrons. The fourth-order valence-electron chi connectivity index (χ4n) is 4.23. The maximum absolute atomic E-state index is 13.6. The molecule has 3 aromatic rings. The third kappa shape index (κ3) is 4.14. The summed E-state index contributed by atoms with van der Waals surface area (Å²) in [6, 6.07) is 18.5. The number of methoxy groups -OCH3 is 1. The predicted molar refractivity (Wildman–Crippen MR) is 134 cm³/mol. The molecule has 1 aliphatic heterocycles. The van der Waals surface area contributed by atoms with E-state index in [2.05, 4.69) is 5.32 Å². The number of nitrogens with zero attached hydrogens (tertiary/aromatic N) is 1. The van der Waals surface area contributed by atoms with Crippen LogP contribution in [0, 0.1) is 0 Å². The molecule has 0 saturated carbocycles. The Labute approximate surface area is 205 Å². The highest BCUT2D eigenvalue weighted by Crippen LogP contribution is 2.47. The van der Waals surface area contributed by atoms with Gasteiger partial charge in [-0.05, 0) is 66.6 Å². The predicted octanol–water partition coefficient (Wildman–Crippen LogP) is 5.15. The molecule has 8 heteroatoms. The molecule has 1 amide bonds. The van der Waals surface area contributed by atoms with Gasteiger partial charge >= 0.3 is 0 Å². The van der Waals surface area contributed by atoms with Gasteiger partial charge in [-0.15, -0.1) is 0 Å². The summed E-state index contributed by atoms with van der Waals surface area (Å²) in [5.41, 5.74) is 2.17. The Morgan fingerprint density at radius 2 is 1.76 bits per heavy atom. The molecule has 0 aliphatic carbocycles. The monoisotopic (exact) mass is 498 g/mol. The van der Waals surface area contributed by atoms with Crippen LogP contribution in [-0.4, -0.2) is 27.5 Å². The largest absolute Gasteiger partial charge is 0.497 e. The van der Waals surface area contributed by atoms with E-state index in [1.165, 1.54) is 11.4 Å². The Morgan fingerprint density at radius 1 is 1.09 bits per heavy atom. The molecule has 3 aromatic carbocycles. The number of carbonyl (C=O) groups is 1. The second-order valence-electron chi connectivity index (χ2n) is 8.88. The topological polar surface area (TPSA) is 75.7 Å². The molecule has 1 atom stereocenters. The highest BCUT2D eigenvalue weighted by atomic mass is 35.5. The van der Waals surface area contributed by atoms with Crippen molar-refractivity contribution >= 4 is 33.2 Å². The molecule has 0 spiro atoms. The number of ether oxygens (including phenoxy) is 1. The summed E-state index contributed by atoms with van der Waals surface area (Å²) in [4.78, 5) is 13.1. The Hall–Kier alpha value is -3.03. The number of nitrogens with one attached hydrogen (secondary N) is 1. The summed E-state index contributed by atoms with van der Waals surface area (Å²) < 4.78 is 33.8. The first-order valence-corrected chi connectivity index (χ1v) is 12.7. The second kappa shape index (κ2) is 8.96. The van der Waals surface area contributed by atoms with Gasteiger partial charge in [0.2, 0.25) is 0 Å². The molecular formula is C26H27ClN2O4S. The van der Waals surface area contributed by atoms with E-state index in [0.29, 0.717) is 28.6 Å². The van der Waals surface area contributed by atoms with Crippen molar-refractivity contribution in [1.29, 1.82) is 0 Å². The number of hydrogen-bond donors (Lipinski definition) is 1. The molecule has 4 rings (SSSR count). The van der Waals surface area contributed by atoms with E-state index >= 15 is 0 Å². The minimum absolute atomic E-state index is 0.186. The first-order valence-electron chi connectivity index (χ1n) is 10.9. The lowest BCUT2D eigenvalue weighted by molar-refractivity contribution is 0.0951. The number of benzene rings is 3. The SMILES string of the molecule is COc1ccc(S(=O)(=O)N2c3ccc(C(=O)NCc4ccccc4Cl)cc3C(C)(C)C2C)cc1. The molecule has 1 heterocycles. The number of hydrogen-bond acceptors (Lipinski definition) is 4. The van der Waals surface area contributed by atoms with E-state index in [4.69, 9.17) is 16.3 Å². The highest BCUT2D eigenvalue weighted by Gasteiger charge is 2.47. The van der Waals surface area contributed by atoms with Crippen molar-refractivity contribution in [1.82, 2.24) is 5.32 Å². The molecular weight excluding hydrogens is 472 g/mol. The number of sulfonamides is 1. The molecule has 0 fully saturated rings. The van der Waals surface area contributed by atoms with Crippen LogP contribution in [0.5, 0.6) is 5.75 Å². The van der Waals surface area contributed by atoms with E-state index in [0.717, 1.165) is 11.1 Å². The molecule has 34 heavy (non-hydrogen) atoms. The van der Waals surface area contributed by atoms with Gasteiger partial charge in [-0.3, -0.25) is 9.10 Å². The molecule has 1 aliphatic rings. The van der Waals surface area contributed by atoms with E-state index < -0.39 is 15.4 Å². The van der Waals surface area contributed by atoms with Crippen LogP contribution < -0.4 is 14.4 Å². The number of carbonyl (C=O) groups excluding carboxylic acids is 1. The zero-order chi connectivity index (χ0) is 24.7. The fourth-order valence-corrected chi connectivity index (χ4v) is 6.24. The van der Waals surface area contributed by atoms with Crippen molar-refractivity contribution in [3.05, 3.63) is 88.4 Å². The summed E-state index contributed by atoms with van der Waals surface area (Å²) in [7, 11) is -2.28. The van der Waals surface area contributed by atoms with Crippen LogP contribution in [-0.2, 0) is 22.0 Å².